The van der Waals surface area contributed by atoms with E-state index in [1.54, 1.807) is 6.07 Å². The van der Waals surface area contributed by atoms with E-state index in [2.05, 4.69) is 28.8 Å². The molecule has 204 valence electrons. The Morgan fingerprint density at radius 1 is 0.974 bits per heavy atom. The number of ether oxygens (including phenoxy) is 2. The van der Waals surface area contributed by atoms with Crippen molar-refractivity contribution < 1.29 is 14.3 Å². The zero-order valence-corrected chi connectivity index (χ0v) is 24.2. The predicted molar refractivity (Wildman–Crippen MR) is 158 cm³/mol. The summed E-state index contributed by atoms with van der Waals surface area (Å²) >= 11 is 12.8. The van der Waals surface area contributed by atoms with E-state index in [1.165, 1.54) is 32.1 Å². The van der Waals surface area contributed by atoms with Crippen molar-refractivity contribution in [3.8, 4) is 16.9 Å². The Labute approximate surface area is 240 Å². The van der Waals surface area contributed by atoms with Gasteiger partial charge in [0.25, 0.3) is 0 Å². The molecule has 0 spiro atoms. The van der Waals surface area contributed by atoms with Gasteiger partial charge in [0, 0.05) is 18.5 Å². The number of hydrogen-bond acceptors (Lipinski definition) is 4. The van der Waals surface area contributed by atoms with Crippen LogP contribution < -0.4 is 4.74 Å². The Bertz CT molecular complexity index is 1470. The largest absolute Gasteiger partial charge is 0.514 e. The molecule has 0 bridgehead atoms. The fraction of sp³-hybridized carbons (Fsp3) is 0.375. The summed E-state index contributed by atoms with van der Waals surface area (Å²) in [6.45, 7) is 6.11. The first-order chi connectivity index (χ1) is 18.7. The Morgan fingerprint density at radius 2 is 1.67 bits per heavy atom. The monoisotopic (exact) mass is 564 g/mol. The second-order valence-electron chi connectivity index (χ2n) is 11.3. The molecule has 4 aromatic rings. The third-order valence-electron chi connectivity index (χ3n) is 7.14. The molecule has 0 amide bonds. The molecule has 0 N–H and O–H groups in total. The van der Waals surface area contributed by atoms with Crippen molar-refractivity contribution >= 4 is 40.4 Å². The van der Waals surface area contributed by atoms with E-state index in [0.29, 0.717) is 28.3 Å². The smallest absolute Gasteiger partial charge is 0.428 e. The van der Waals surface area contributed by atoms with Gasteiger partial charge in [0.15, 0.2) is 0 Å². The Hall–Kier alpha value is -3.02. The van der Waals surface area contributed by atoms with Crippen LogP contribution in [0.4, 0.5) is 4.79 Å². The molecule has 1 aliphatic carbocycles. The number of aromatic nitrogens is 2. The number of halogens is 2. The summed E-state index contributed by atoms with van der Waals surface area (Å²) in [5, 5.41) is 1.06. The zero-order chi connectivity index (χ0) is 27.6. The van der Waals surface area contributed by atoms with Crippen LogP contribution in [0.5, 0.6) is 5.75 Å². The minimum absolute atomic E-state index is 0.460. The molecule has 0 aliphatic heterocycles. The van der Waals surface area contributed by atoms with Crippen LogP contribution in [0.1, 0.15) is 64.3 Å². The molecule has 5 rings (SSSR count). The predicted octanol–water partition coefficient (Wildman–Crippen LogP) is 9.50. The number of carbonyl (C=O) groups is 1. The standard InChI is InChI=1S/C32H34Cl2N2O3/c1-32(2,3)39-31(37)38-29-12-8-7-11-24(29)23-15-13-22(14-16-23)20-36-28-19-26(34)25(33)18-27(28)35-30(36)17-21-9-5-4-6-10-21/h7-8,11-16,18-19,21H,4-6,9-10,17,20H2,1-3H3. The van der Waals surface area contributed by atoms with Crippen molar-refractivity contribution in [3.63, 3.8) is 0 Å². The van der Waals surface area contributed by atoms with Crippen LogP contribution in [0.25, 0.3) is 22.2 Å². The lowest BCUT2D eigenvalue weighted by Crippen LogP contribution is -2.26. The number of benzene rings is 3. The molecule has 0 saturated heterocycles. The minimum Gasteiger partial charge on any atom is -0.428 e. The van der Waals surface area contributed by atoms with Gasteiger partial charge in [-0.2, -0.15) is 0 Å². The lowest BCUT2D eigenvalue weighted by atomic mass is 9.87. The van der Waals surface area contributed by atoms with Gasteiger partial charge in [-0.25, -0.2) is 9.78 Å². The topological polar surface area (TPSA) is 53.4 Å². The summed E-state index contributed by atoms with van der Waals surface area (Å²) < 4.78 is 13.2. The van der Waals surface area contributed by atoms with E-state index < -0.39 is 11.8 Å². The van der Waals surface area contributed by atoms with Crippen molar-refractivity contribution in [2.24, 2.45) is 5.92 Å². The molecule has 7 heteroatoms. The normalized spacial score (nSPS) is 14.5. The summed E-state index contributed by atoms with van der Waals surface area (Å²) in [5.74, 6) is 2.20. The maximum atomic E-state index is 12.3. The van der Waals surface area contributed by atoms with Gasteiger partial charge in [0.05, 0.1) is 21.1 Å². The highest BCUT2D eigenvalue weighted by atomic mass is 35.5. The highest BCUT2D eigenvalue weighted by molar-refractivity contribution is 6.42. The van der Waals surface area contributed by atoms with E-state index in [1.807, 2.05) is 51.1 Å². The van der Waals surface area contributed by atoms with E-state index >= 15 is 0 Å². The molecule has 1 aromatic heterocycles. The van der Waals surface area contributed by atoms with Gasteiger partial charge in [0.2, 0.25) is 0 Å². The molecule has 1 heterocycles. The third kappa shape index (κ3) is 6.77. The van der Waals surface area contributed by atoms with Gasteiger partial charge in [-0.1, -0.05) is 97.8 Å². The van der Waals surface area contributed by atoms with Crippen molar-refractivity contribution in [2.45, 2.75) is 71.4 Å². The first-order valence-corrected chi connectivity index (χ1v) is 14.4. The number of rotatable bonds is 6. The lowest BCUT2D eigenvalue weighted by molar-refractivity contribution is 0.0207. The van der Waals surface area contributed by atoms with E-state index in [-0.39, 0.29) is 0 Å². The van der Waals surface area contributed by atoms with Gasteiger partial charge < -0.3 is 14.0 Å². The summed E-state index contributed by atoms with van der Waals surface area (Å²) in [4.78, 5) is 17.3. The molecule has 3 aromatic carbocycles. The van der Waals surface area contributed by atoms with Gasteiger partial charge in [-0.15, -0.1) is 0 Å². The van der Waals surface area contributed by atoms with E-state index in [4.69, 9.17) is 37.7 Å². The van der Waals surface area contributed by atoms with Crippen LogP contribution in [-0.2, 0) is 17.7 Å². The molecular weight excluding hydrogens is 531 g/mol. The first kappa shape index (κ1) is 27.5. The van der Waals surface area contributed by atoms with Gasteiger partial charge >= 0.3 is 6.16 Å². The SMILES string of the molecule is CC(C)(C)OC(=O)Oc1ccccc1-c1ccc(Cn2c(CC3CCCCC3)nc3cc(Cl)c(Cl)cc32)cc1. The average Bonchev–Trinajstić information content (AvgIpc) is 3.20. The summed E-state index contributed by atoms with van der Waals surface area (Å²) in [7, 11) is 0. The number of fused-ring (bicyclic) bond motifs is 1. The van der Waals surface area contributed by atoms with Crippen LogP contribution >= 0.6 is 23.2 Å². The number of imidazole rings is 1. The Kier molecular flexibility index (Phi) is 8.20. The lowest BCUT2D eigenvalue weighted by Gasteiger charge is -2.21. The van der Waals surface area contributed by atoms with E-state index in [0.717, 1.165) is 40.0 Å². The summed E-state index contributed by atoms with van der Waals surface area (Å²) in [6, 6.07) is 19.6. The Balaban J connectivity index is 1.41. The van der Waals surface area contributed by atoms with Gasteiger partial charge in [-0.05, 0) is 56.0 Å². The number of carbonyl (C=O) groups excluding carboxylic acids is 1. The summed E-state index contributed by atoms with van der Waals surface area (Å²) in [5.41, 5.74) is 4.15. The number of nitrogens with zero attached hydrogens (tertiary/aromatic N) is 2. The molecule has 1 saturated carbocycles. The maximum Gasteiger partial charge on any atom is 0.514 e. The van der Waals surface area contributed by atoms with Crippen molar-refractivity contribution in [1.82, 2.24) is 9.55 Å². The fourth-order valence-corrected chi connectivity index (χ4v) is 5.59. The quantitative estimate of drug-likeness (QED) is 0.173. The fourth-order valence-electron chi connectivity index (χ4n) is 5.28. The number of hydrogen-bond donors (Lipinski definition) is 0. The molecular formula is C32H34Cl2N2O3. The zero-order valence-electron chi connectivity index (χ0n) is 22.7. The summed E-state index contributed by atoms with van der Waals surface area (Å²) in [6.07, 6.45) is 6.66. The second-order valence-corrected chi connectivity index (χ2v) is 12.2. The van der Waals surface area contributed by atoms with Crippen LogP contribution in [0.15, 0.2) is 60.7 Å². The van der Waals surface area contributed by atoms with Crippen molar-refractivity contribution in [2.75, 3.05) is 0 Å². The van der Waals surface area contributed by atoms with Crippen LogP contribution in [0.3, 0.4) is 0 Å². The van der Waals surface area contributed by atoms with Crippen LogP contribution in [-0.4, -0.2) is 21.3 Å². The molecule has 0 radical (unpaired) electrons. The van der Waals surface area contributed by atoms with Gasteiger partial charge in [-0.3, -0.25) is 0 Å². The van der Waals surface area contributed by atoms with Crippen molar-refractivity contribution in [3.05, 3.63) is 82.1 Å². The van der Waals surface area contributed by atoms with E-state index in [9.17, 15) is 4.79 Å². The molecule has 0 unspecified atom stereocenters. The maximum absolute atomic E-state index is 12.3. The first-order valence-electron chi connectivity index (χ1n) is 13.6. The minimum atomic E-state index is -0.720. The molecule has 1 aliphatic rings. The van der Waals surface area contributed by atoms with Crippen LogP contribution in [0, 0.1) is 5.92 Å². The third-order valence-corrected chi connectivity index (χ3v) is 7.86. The number of para-hydroxylation sites is 1. The molecule has 5 nitrogen and oxygen atoms in total. The Morgan fingerprint density at radius 3 is 2.38 bits per heavy atom. The van der Waals surface area contributed by atoms with Crippen LogP contribution in [0.2, 0.25) is 10.0 Å². The van der Waals surface area contributed by atoms with Gasteiger partial charge in [0.1, 0.15) is 17.2 Å². The second kappa shape index (κ2) is 11.6. The molecule has 39 heavy (non-hydrogen) atoms. The van der Waals surface area contributed by atoms with Crippen molar-refractivity contribution in [1.29, 1.82) is 0 Å². The highest BCUT2D eigenvalue weighted by Crippen LogP contribution is 2.33. The average molecular weight is 566 g/mol. The molecule has 1 fully saturated rings. The molecule has 0 atom stereocenters. The highest BCUT2D eigenvalue weighted by Gasteiger charge is 2.21.